The lowest BCUT2D eigenvalue weighted by molar-refractivity contribution is -0.122. The third-order valence-corrected chi connectivity index (χ3v) is 4.30. The van der Waals surface area contributed by atoms with Crippen LogP contribution in [0.25, 0.3) is 10.9 Å². The maximum absolute atomic E-state index is 12.5. The molecule has 0 saturated carbocycles. The summed E-state index contributed by atoms with van der Waals surface area (Å²) in [5.41, 5.74) is 0.792. The van der Waals surface area contributed by atoms with Crippen molar-refractivity contribution in [1.82, 2.24) is 20.0 Å². The van der Waals surface area contributed by atoms with Crippen LogP contribution in [0.1, 0.15) is 13.8 Å². The SMILES string of the molecule is CC(C)[C@H](Nc1ncnc2ccccc12)C(=O)NCCNS(C)(=O)=O. The summed E-state index contributed by atoms with van der Waals surface area (Å²) < 4.78 is 24.4. The molecule has 1 aromatic carbocycles. The van der Waals surface area contributed by atoms with Crippen molar-refractivity contribution in [2.24, 2.45) is 5.92 Å². The lowest BCUT2D eigenvalue weighted by Gasteiger charge is -2.22. The second kappa shape index (κ2) is 8.21. The van der Waals surface area contributed by atoms with Gasteiger partial charge in [-0.05, 0) is 18.1 Å². The Labute approximate surface area is 147 Å². The minimum atomic E-state index is -3.27. The van der Waals surface area contributed by atoms with Crippen molar-refractivity contribution in [3.63, 3.8) is 0 Å². The fraction of sp³-hybridized carbons (Fsp3) is 0.438. The van der Waals surface area contributed by atoms with E-state index in [2.05, 4.69) is 25.3 Å². The van der Waals surface area contributed by atoms with Crippen LogP contribution < -0.4 is 15.4 Å². The summed E-state index contributed by atoms with van der Waals surface area (Å²) in [4.78, 5) is 20.9. The van der Waals surface area contributed by atoms with Crippen LogP contribution in [0.3, 0.4) is 0 Å². The van der Waals surface area contributed by atoms with Crippen LogP contribution in [0.5, 0.6) is 0 Å². The average Bonchev–Trinajstić information content (AvgIpc) is 2.55. The number of hydrogen-bond donors (Lipinski definition) is 3. The number of rotatable bonds is 8. The molecule has 0 unspecified atom stereocenters. The summed E-state index contributed by atoms with van der Waals surface area (Å²) in [5, 5.41) is 6.75. The van der Waals surface area contributed by atoms with Crippen LogP contribution in [-0.2, 0) is 14.8 Å². The third kappa shape index (κ3) is 5.64. The van der Waals surface area contributed by atoms with Crippen LogP contribution in [0.2, 0.25) is 0 Å². The Kier molecular flexibility index (Phi) is 6.27. The van der Waals surface area contributed by atoms with Crippen LogP contribution >= 0.6 is 0 Å². The highest BCUT2D eigenvalue weighted by Gasteiger charge is 2.23. The minimum Gasteiger partial charge on any atom is -0.358 e. The number of hydrogen-bond acceptors (Lipinski definition) is 6. The molecule has 1 heterocycles. The van der Waals surface area contributed by atoms with Crippen LogP contribution in [0, 0.1) is 5.92 Å². The van der Waals surface area contributed by atoms with Gasteiger partial charge in [-0.1, -0.05) is 26.0 Å². The molecule has 1 atom stereocenters. The molecule has 0 aliphatic carbocycles. The van der Waals surface area contributed by atoms with Gasteiger partial charge in [0.1, 0.15) is 18.2 Å². The molecule has 0 aliphatic rings. The Bertz CT molecular complexity index is 833. The van der Waals surface area contributed by atoms with Crippen LogP contribution in [-0.4, -0.2) is 49.7 Å². The van der Waals surface area contributed by atoms with E-state index in [9.17, 15) is 13.2 Å². The second-order valence-corrected chi connectivity index (χ2v) is 7.90. The molecule has 0 aliphatic heterocycles. The second-order valence-electron chi connectivity index (χ2n) is 6.06. The summed E-state index contributed by atoms with van der Waals surface area (Å²) >= 11 is 0. The first kappa shape index (κ1) is 19.1. The van der Waals surface area contributed by atoms with E-state index in [1.54, 1.807) is 0 Å². The van der Waals surface area contributed by atoms with E-state index in [-0.39, 0.29) is 24.9 Å². The molecule has 2 rings (SSSR count). The normalized spacial score (nSPS) is 13.0. The number of aromatic nitrogens is 2. The van der Waals surface area contributed by atoms with Gasteiger partial charge in [-0.15, -0.1) is 0 Å². The maximum atomic E-state index is 12.5. The summed E-state index contributed by atoms with van der Waals surface area (Å²) in [5.74, 6) is 0.387. The Hall–Kier alpha value is -2.26. The zero-order chi connectivity index (χ0) is 18.4. The number of fused-ring (bicyclic) bond motifs is 1. The molecule has 0 spiro atoms. The summed E-state index contributed by atoms with van der Waals surface area (Å²) in [6.07, 6.45) is 2.53. The molecular formula is C16H23N5O3S. The molecule has 0 saturated heterocycles. The number of amides is 1. The van der Waals surface area contributed by atoms with Gasteiger partial charge in [0.2, 0.25) is 15.9 Å². The topological polar surface area (TPSA) is 113 Å². The molecule has 1 aromatic heterocycles. The predicted octanol–water partition coefficient (Wildman–Crippen LogP) is 0.732. The van der Waals surface area contributed by atoms with E-state index >= 15 is 0 Å². The van der Waals surface area contributed by atoms with Gasteiger partial charge in [0.25, 0.3) is 0 Å². The summed E-state index contributed by atoms with van der Waals surface area (Å²) in [6, 6.07) is 7.04. The molecule has 0 fully saturated rings. The largest absolute Gasteiger partial charge is 0.358 e. The van der Waals surface area contributed by atoms with Crippen molar-refractivity contribution in [2.75, 3.05) is 24.7 Å². The Balaban J connectivity index is 2.06. The van der Waals surface area contributed by atoms with Gasteiger partial charge in [0.15, 0.2) is 0 Å². The van der Waals surface area contributed by atoms with Gasteiger partial charge >= 0.3 is 0 Å². The highest BCUT2D eigenvalue weighted by atomic mass is 32.2. The highest BCUT2D eigenvalue weighted by Crippen LogP contribution is 2.20. The van der Waals surface area contributed by atoms with E-state index in [1.807, 2.05) is 38.1 Å². The molecule has 136 valence electrons. The van der Waals surface area contributed by atoms with Crippen molar-refractivity contribution in [1.29, 1.82) is 0 Å². The van der Waals surface area contributed by atoms with Gasteiger partial charge in [-0.2, -0.15) is 0 Å². The molecule has 8 nitrogen and oxygen atoms in total. The monoisotopic (exact) mass is 365 g/mol. The number of nitrogens with zero attached hydrogens (tertiary/aromatic N) is 2. The lowest BCUT2D eigenvalue weighted by atomic mass is 10.0. The number of para-hydroxylation sites is 1. The van der Waals surface area contributed by atoms with Crippen molar-refractivity contribution in [3.05, 3.63) is 30.6 Å². The Morgan fingerprint density at radius 2 is 1.88 bits per heavy atom. The fourth-order valence-electron chi connectivity index (χ4n) is 2.33. The zero-order valence-corrected chi connectivity index (χ0v) is 15.3. The molecule has 1 amide bonds. The van der Waals surface area contributed by atoms with E-state index < -0.39 is 16.1 Å². The first-order chi connectivity index (χ1) is 11.8. The Morgan fingerprint density at radius 3 is 2.56 bits per heavy atom. The van der Waals surface area contributed by atoms with E-state index in [0.717, 1.165) is 17.2 Å². The van der Waals surface area contributed by atoms with Crippen molar-refractivity contribution in [2.45, 2.75) is 19.9 Å². The van der Waals surface area contributed by atoms with E-state index in [0.29, 0.717) is 5.82 Å². The van der Waals surface area contributed by atoms with E-state index in [4.69, 9.17) is 0 Å². The van der Waals surface area contributed by atoms with Crippen molar-refractivity contribution < 1.29 is 13.2 Å². The maximum Gasteiger partial charge on any atom is 0.242 e. The summed E-state index contributed by atoms with van der Waals surface area (Å²) in [6.45, 7) is 4.21. The van der Waals surface area contributed by atoms with Gasteiger partial charge < -0.3 is 10.6 Å². The van der Waals surface area contributed by atoms with Gasteiger partial charge in [0, 0.05) is 18.5 Å². The first-order valence-electron chi connectivity index (χ1n) is 7.96. The molecule has 9 heteroatoms. The number of benzene rings is 1. The van der Waals surface area contributed by atoms with Crippen molar-refractivity contribution >= 4 is 32.7 Å². The molecule has 0 radical (unpaired) electrons. The molecule has 2 aromatic rings. The lowest BCUT2D eigenvalue weighted by Crippen LogP contribution is -2.45. The quantitative estimate of drug-likeness (QED) is 0.595. The average molecular weight is 365 g/mol. The van der Waals surface area contributed by atoms with Crippen LogP contribution in [0.4, 0.5) is 5.82 Å². The number of sulfonamides is 1. The van der Waals surface area contributed by atoms with Gasteiger partial charge in [-0.25, -0.2) is 23.1 Å². The smallest absolute Gasteiger partial charge is 0.242 e. The molecular weight excluding hydrogens is 342 g/mol. The van der Waals surface area contributed by atoms with Gasteiger partial charge in [-0.3, -0.25) is 4.79 Å². The standard InChI is InChI=1S/C16H23N5O3S/c1-11(2)14(16(22)17-8-9-20-25(3,23)24)21-15-12-6-4-5-7-13(12)18-10-19-15/h4-7,10-11,14,20H,8-9H2,1-3H3,(H,17,22)(H,18,19,21)/t14-/m0/s1. The predicted molar refractivity (Wildman–Crippen MR) is 97.6 cm³/mol. The van der Waals surface area contributed by atoms with Gasteiger partial charge in [0.05, 0.1) is 11.8 Å². The fourth-order valence-corrected chi connectivity index (χ4v) is 2.81. The first-order valence-corrected chi connectivity index (χ1v) is 9.85. The number of carbonyl (C=O) groups is 1. The van der Waals surface area contributed by atoms with Crippen molar-refractivity contribution in [3.8, 4) is 0 Å². The minimum absolute atomic E-state index is 0.0107. The number of nitrogens with one attached hydrogen (secondary N) is 3. The highest BCUT2D eigenvalue weighted by molar-refractivity contribution is 7.88. The molecule has 0 bridgehead atoms. The van der Waals surface area contributed by atoms with Crippen LogP contribution in [0.15, 0.2) is 30.6 Å². The summed E-state index contributed by atoms with van der Waals surface area (Å²) in [7, 11) is -3.27. The Morgan fingerprint density at radius 1 is 1.16 bits per heavy atom. The third-order valence-electron chi connectivity index (χ3n) is 3.57. The number of carbonyl (C=O) groups excluding carboxylic acids is 1. The van der Waals surface area contributed by atoms with E-state index in [1.165, 1.54) is 6.33 Å². The zero-order valence-electron chi connectivity index (χ0n) is 14.5. The number of anilines is 1. The molecule has 25 heavy (non-hydrogen) atoms. The molecule has 3 N–H and O–H groups in total.